The van der Waals surface area contributed by atoms with Crippen molar-refractivity contribution in [2.24, 2.45) is 0 Å². The lowest BCUT2D eigenvalue weighted by molar-refractivity contribution is 0.628. The van der Waals surface area contributed by atoms with Crippen molar-refractivity contribution in [3.05, 3.63) is 41.3 Å². The number of anilines is 1. The highest BCUT2D eigenvalue weighted by Crippen LogP contribution is 2.23. The minimum absolute atomic E-state index is 0.262. The van der Waals surface area contributed by atoms with Crippen LogP contribution in [0.15, 0.2) is 30.3 Å². The quantitative estimate of drug-likeness (QED) is 0.609. The second kappa shape index (κ2) is 8.82. The molecule has 0 aliphatic rings. The summed E-state index contributed by atoms with van der Waals surface area (Å²) in [6.45, 7) is 6.17. The molecule has 3 nitrogen and oxygen atoms in total. The molecule has 0 saturated carbocycles. The molecule has 2 rings (SSSR count). The van der Waals surface area contributed by atoms with Crippen LogP contribution in [0, 0.1) is 5.82 Å². The number of hydrogen-bond donors (Lipinski definition) is 0. The molecule has 0 unspecified atom stereocenters. The SMILES string of the molecule is CCCCN(CCCC)c1nc(Cl)cc(-c2ccc(F)cc2)n1. The van der Waals surface area contributed by atoms with Gasteiger partial charge in [0.1, 0.15) is 11.0 Å². The van der Waals surface area contributed by atoms with E-state index in [1.165, 1.54) is 12.1 Å². The van der Waals surface area contributed by atoms with Crippen LogP contribution in [-0.2, 0) is 0 Å². The van der Waals surface area contributed by atoms with Crippen molar-refractivity contribution in [1.29, 1.82) is 0 Å². The fourth-order valence-corrected chi connectivity index (χ4v) is 2.50. The van der Waals surface area contributed by atoms with Crippen LogP contribution in [0.5, 0.6) is 0 Å². The molecule has 0 amide bonds. The Bertz CT molecular complexity index is 608. The normalized spacial score (nSPS) is 10.8. The highest BCUT2D eigenvalue weighted by Gasteiger charge is 2.12. The van der Waals surface area contributed by atoms with Gasteiger partial charge in [0, 0.05) is 24.7 Å². The Labute approximate surface area is 142 Å². The molecule has 5 heteroatoms. The van der Waals surface area contributed by atoms with Gasteiger partial charge in [0.15, 0.2) is 0 Å². The summed E-state index contributed by atoms with van der Waals surface area (Å²) < 4.78 is 13.1. The third-order valence-corrected chi connectivity index (χ3v) is 3.86. The first-order valence-corrected chi connectivity index (χ1v) is 8.57. The smallest absolute Gasteiger partial charge is 0.227 e. The van der Waals surface area contributed by atoms with E-state index in [4.69, 9.17) is 11.6 Å². The fourth-order valence-electron chi connectivity index (χ4n) is 2.33. The lowest BCUT2D eigenvalue weighted by Crippen LogP contribution is -2.27. The van der Waals surface area contributed by atoms with E-state index < -0.39 is 0 Å². The number of halogens is 2. The van der Waals surface area contributed by atoms with Gasteiger partial charge < -0.3 is 4.90 Å². The van der Waals surface area contributed by atoms with Gasteiger partial charge >= 0.3 is 0 Å². The fraction of sp³-hybridized carbons (Fsp3) is 0.444. The molecule has 0 N–H and O–H groups in total. The van der Waals surface area contributed by atoms with Crippen LogP contribution in [-0.4, -0.2) is 23.1 Å². The van der Waals surface area contributed by atoms with E-state index in [1.54, 1.807) is 18.2 Å². The first-order valence-electron chi connectivity index (χ1n) is 8.19. The Kier molecular flexibility index (Phi) is 6.78. The van der Waals surface area contributed by atoms with E-state index in [2.05, 4.69) is 28.7 Å². The summed E-state index contributed by atoms with van der Waals surface area (Å²) in [6, 6.07) is 7.99. The van der Waals surface area contributed by atoms with Crippen molar-refractivity contribution >= 4 is 17.5 Å². The molecule has 0 aliphatic carbocycles. The predicted octanol–water partition coefficient (Wildman–Crippen LogP) is 5.34. The number of hydrogen-bond acceptors (Lipinski definition) is 3. The third kappa shape index (κ3) is 5.17. The molecule has 0 bridgehead atoms. The second-order valence-electron chi connectivity index (χ2n) is 5.58. The molecule has 0 fully saturated rings. The zero-order valence-corrected chi connectivity index (χ0v) is 14.5. The van der Waals surface area contributed by atoms with Crippen molar-refractivity contribution in [3.63, 3.8) is 0 Å². The highest BCUT2D eigenvalue weighted by molar-refractivity contribution is 6.29. The molecule has 1 aromatic heterocycles. The topological polar surface area (TPSA) is 29.0 Å². The van der Waals surface area contributed by atoms with Crippen molar-refractivity contribution in [1.82, 2.24) is 9.97 Å². The number of nitrogens with zero attached hydrogens (tertiary/aromatic N) is 3. The molecule has 1 heterocycles. The summed E-state index contributed by atoms with van der Waals surface area (Å²) in [7, 11) is 0. The van der Waals surface area contributed by atoms with Gasteiger partial charge in [-0.1, -0.05) is 38.3 Å². The first-order chi connectivity index (χ1) is 11.1. The van der Waals surface area contributed by atoms with Crippen LogP contribution in [0.3, 0.4) is 0 Å². The van der Waals surface area contributed by atoms with Crippen LogP contribution < -0.4 is 4.90 Å². The summed E-state index contributed by atoms with van der Waals surface area (Å²) in [5, 5.41) is 0.410. The van der Waals surface area contributed by atoms with Gasteiger partial charge in [0.25, 0.3) is 0 Å². The largest absolute Gasteiger partial charge is 0.341 e. The maximum atomic E-state index is 13.1. The molecule has 0 spiro atoms. The van der Waals surface area contributed by atoms with Crippen molar-refractivity contribution in [2.75, 3.05) is 18.0 Å². The molecule has 0 saturated heterocycles. The van der Waals surface area contributed by atoms with Gasteiger partial charge in [-0.25, -0.2) is 14.4 Å². The van der Waals surface area contributed by atoms with E-state index in [0.29, 0.717) is 11.1 Å². The number of rotatable bonds is 8. The van der Waals surface area contributed by atoms with Gasteiger partial charge in [-0.05, 0) is 37.1 Å². The van der Waals surface area contributed by atoms with Crippen molar-refractivity contribution in [3.8, 4) is 11.3 Å². The number of benzene rings is 1. The Morgan fingerprint density at radius 1 is 1.00 bits per heavy atom. The van der Waals surface area contributed by atoms with Gasteiger partial charge in [0.2, 0.25) is 5.95 Å². The molecule has 0 radical (unpaired) electrons. The number of unbranched alkanes of at least 4 members (excludes halogenated alkanes) is 2. The molecule has 0 aliphatic heterocycles. The second-order valence-corrected chi connectivity index (χ2v) is 5.96. The number of aromatic nitrogens is 2. The van der Waals surface area contributed by atoms with Crippen LogP contribution in [0.1, 0.15) is 39.5 Å². The van der Waals surface area contributed by atoms with E-state index in [9.17, 15) is 4.39 Å². The molecule has 1 aromatic carbocycles. The van der Waals surface area contributed by atoms with Gasteiger partial charge in [-0.15, -0.1) is 0 Å². The maximum absolute atomic E-state index is 13.1. The van der Waals surface area contributed by atoms with Gasteiger partial charge in [0.05, 0.1) is 5.69 Å². The average molecular weight is 336 g/mol. The Balaban J connectivity index is 2.31. The molecule has 23 heavy (non-hydrogen) atoms. The lowest BCUT2D eigenvalue weighted by atomic mass is 10.1. The zero-order valence-electron chi connectivity index (χ0n) is 13.7. The standard InChI is InChI=1S/C18H23ClFN3/c1-3-5-11-23(12-6-4-2)18-21-16(13-17(19)22-18)14-7-9-15(20)10-8-14/h7-10,13H,3-6,11-12H2,1-2H3. The van der Waals surface area contributed by atoms with Crippen LogP contribution in [0.25, 0.3) is 11.3 Å². The van der Waals surface area contributed by atoms with Crippen molar-refractivity contribution < 1.29 is 4.39 Å². The summed E-state index contributed by atoms with van der Waals surface area (Å²) in [5.41, 5.74) is 1.56. The van der Waals surface area contributed by atoms with Crippen molar-refractivity contribution in [2.45, 2.75) is 39.5 Å². The molecule has 124 valence electrons. The van der Waals surface area contributed by atoms with Crippen LogP contribution >= 0.6 is 11.6 Å². The summed E-state index contributed by atoms with van der Waals surface area (Å²) >= 11 is 6.19. The molecular weight excluding hydrogens is 313 g/mol. The predicted molar refractivity (Wildman–Crippen MR) is 94.5 cm³/mol. The van der Waals surface area contributed by atoms with E-state index in [-0.39, 0.29) is 5.82 Å². The molecular formula is C18H23ClFN3. The van der Waals surface area contributed by atoms with E-state index >= 15 is 0 Å². The third-order valence-electron chi connectivity index (χ3n) is 3.67. The first kappa shape index (κ1) is 17.7. The van der Waals surface area contributed by atoms with E-state index in [0.717, 1.165) is 50.0 Å². The molecule has 2 aromatic rings. The lowest BCUT2D eigenvalue weighted by Gasteiger charge is -2.23. The Morgan fingerprint density at radius 2 is 1.61 bits per heavy atom. The van der Waals surface area contributed by atoms with Gasteiger partial charge in [-0.2, -0.15) is 0 Å². The average Bonchev–Trinajstić information content (AvgIpc) is 2.55. The minimum atomic E-state index is -0.262. The van der Waals surface area contributed by atoms with Crippen LogP contribution in [0.4, 0.5) is 10.3 Å². The summed E-state index contributed by atoms with van der Waals surface area (Å²) in [5.74, 6) is 0.389. The van der Waals surface area contributed by atoms with Gasteiger partial charge in [-0.3, -0.25) is 0 Å². The minimum Gasteiger partial charge on any atom is -0.341 e. The zero-order chi connectivity index (χ0) is 16.7. The van der Waals surface area contributed by atoms with E-state index in [1.807, 2.05) is 0 Å². The summed E-state index contributed by atoms with van der Waals surface area (Å²) in [4.78, 5) is 11.2. The maximum Gasteiger partial charge on any atom is 0.227 e. The monoisotopic (exact) mass is 335 g/mol. The molecule has 0 atom stereocenters. The van der Waals surface area contributed by atoms with Crippen LogP contribution in [0.2, 0.25) is 5.15 Å². The Morgan fingerprint density at radius 3 is 2.17 bits per heavy atom. The highest BCUT2D eigenvalue weighted by atomic mass is 35.5. The Hall–Kier alpha value is -1.68. The summed E-state index contributed by atoms with van der Waals surface area (Å²) in [6.07, 6.45) is 4.42.